The fourth-order valence-electron chi connectivity index (χ4n) is 4.81. The lowest BCUT2D eigenvalue weighted by molar-refractivity contribution is -0.450. The fourth-order valence-corrected chi connectivity index (χ4v) is 5.74. The van der Waals surface area contributed by atoms with Crippen molar-refractivity contribution >= 4 is 38.3 Å². The predicted octanol–water partition coefficient (Wildman–Crippen LogP) is 3.48. The summed E-state index contributed by atoms with van der Waals surface area (Å²) >= 11 is 0. The number of pyridine rings is 1. The van der Waals surface area contributed by atoms with Crippen LogP contribution in [0.3, 0.4) is 0 Å². The topological polar surface area (TPSA) is 65.6 Å². The van der Waals surface area contributed by atoms with Crippen LogP contribution in [0.1, 0.15) is 11.1 Å². The molecule has 1 aliphatic rings. The summed E-state index contributed by atoms with van der Waals surface area (Å²) in [6.45, 7) is 1.93. The van der Waals surface area contributed by atoms with Gasteiger partial charge in [0.25, 0.3) is 5.82 Å². The first kappa shape index (κ1) is 26.9. The number of fused-ring (bicyclic) bond motifs is 1. The van der Waals surface area contributed by atoms with Crippen LogP contribution < -0.4 is 10.5 Å². The second kappa shape index (κ2) is 9.94. The average Bonchev–Trinajstić information content (AvgIpc) is 2.81. The molecule has 0 bridgehead atoms. The molecule has 7 nitrogen and oxygen atoms in total. The minimum absolute atomic E-state index is 0.123. The number of aromatic nitrogens is 1. The predicted molar refractivity (Wildman–Crippen MR) is 139 cm³/mol. The second-order valence-corrected chi connectivity index (χ2v) is 11.6. The molecule has 0 amide bonds. The standard InChI is InChI=1S/C26H30F3N4O3S/c1-18-13-19(16-30(2)22-7-5-6-8-23(22)37(4,35)36)20-15-24(31(3)25(34)21(20)14-18)33-11-9-32(10-12-33)17-26(27,28)29/h5-8,11,13-15H,9-10,12,16-17H2,1-4H3/q+1. The number of hydrogen-bond acceptors (Lipinski definition) is 5. The van der Waals surface area contributed by atoms with E-state index < -0.39 is 22.6 Å². The molecule has 0 saturated heterocycles. The smallest absolute Gasteiger partial charge is 0.369 e. The van der Waals surface area contributed by atoms with Gasteiger partial charge in [0.2, 0.25) is 0 Å². The Balaban J connectivity index is 1.76. The van der Waals surface area contributed by atoms with E-state index in [9.17, 15) is 26.4 Å². The Morgan fingerprint density at radius 3 is 2.43 bits per heavy atom. The number of anilines is 1. The van der Waals surface area contributed by atoms with Crippen LogP contribution >= 0.6 is 0 Å². The molecule has 0 atom stereocenters. The van der Waals surface area contributed by atoms with Crippen LogP contribution in [0, 0.1) is 6.92 Å². The van der Waals surface area contributed by atoms with Crippen LogP contribution in [-0.2, 0) is 23.4 Å². The lowest BCUT2D eigenvalue weighted by atomic mass is 10.0. The van der Waals surface area contributed by atoms with Gasteiger partial charge in [-0.2, -0.15) is 17.7 Å². The molecule has 3 aromatic rings. The third-order valence-electron chi connectivity index (χ3n) is 6.56. The zero-order valence-electron chi connectivity index (χ0n) is 21.2. The van der Waals surface area contributed by atoms with Crippen molar-refractivity contribution in [3.63, 3.8) is 0 Å². The molecule has 4 rings (SSSR count). The second-order valence-electron chi connectivity index (χ2n) is 9.57. The Kier molecular flexibility index (Phi) is 7.22. The van der Waals surface area contributed by atoms with E-state index in [1.807, 2.05) is 34.6 Å². The fraction of sp³-hybridized carbons (Fsp3) is 0.385. The van der Waals surface area contributed by atoms with Crippen LogP contribution in [-0.4, -0.2) is 74.3 Å². The first-order chi connectivity index (χ1) is 17.2. The van der Waals surface area contributed by atoms with Crippen molar-refractivity contribution in [3.8, 4) is 0 Å². The van der Waals surface area contributed by atoms with E-state index in [1.54, 1.807) is 44.6 Å². The van der Waals surface area contributed by atoms with Gasteiger partial charge in [-0.05, 0) is 36.2 Å². The highest BCUT2D eigenvalue weighted by molar-refractivity contribution is 7.90. The van der Waals surface area contributed by atoms with Gasteiger partial charge in [-0.15, -0.1) is 0 Å². The summed E-state index contributed by atoms with van der Waals surface area (Å²) in [5.74, 6) is 0.591. The Morgan fingerprint density at radius 1 is 1.11 bits per heavy atom. The molecule has 198 valence electrons. The number of alkyl halides is 3. The van der Waals surface area contributed by atoms with E-state index in [4.69, 9.17) is 0 Å². The Bertz CT molecular complexity index is 1550. The van der Waals surface area contributed by atoms with Crippen molar-refractivity contribution in [2.24, 2.45) is 7.05 Å². The van der Waals surface area contributed by atoms with E-state index in [0.717, 1.165) is 16.5 Å². The molecule has 0 fully saturated rings. The van der Waals surface area contributed by atoms with Crippen molar-refractivity contribution in [1.29, 1.82) is 0 Å². The van der Waals surface area contributed by atoms with Gasteiger partial charge in [-0.25, -0.2) is 17.8 Å². The first-order valence-corrected chi connectivity index (χ1v) is 13.7. The van der Waals surface area contributed by atoms with E-state index in [-0.39, 0.29) is 23.5 Å². The zero-order valence-corrected chi connectivity index (χ0v) is 22.0. The molecule has 0 spiro atoms. The Labute approximate surface area is 214 Å². The van der Waals surface area contributed by atoms with Crippen LogP contribution in [0.2, 0.25) is 0 Å². The van der Waals surface area contributed by atoms with E-state index in [1.165, 1.54) is 15.7 Å². The van der Waals surface area contributed by atoms with Gasteiger partial charge in [0.15, 0.2) is 9.84 Å². The highest BCUT2D eigenvalue weighted by atomic mass is 32.2. The van der Waals surface area contributed by atoms with E-state index in [2.05, 4.69) is 0 Å². The van der Waals surface area contributed by atoms with Gasteiger partial charge in [-0.3, -0.25) is 4.90 Å². The average molecular weight is 536 g/mol. The molecule has 0 saturated carbocycles. The molecule has 0 radical (unpaired) electrons. The summed E-state index contributed by atoms with van der Waals surface area (Å²) in [5, 5.41) is 1.25. The maximum Gasteiger partial charge on any atom is 0.401 e. The van der Waals surface area contributed by atoms with E-state index in [0.29, 0.717) is 30.0 Å². The molecule has 1 aromatic heterocycles. The van der Waals surface area contributed by atoms with Crippen molar-refractivity contribution in [2.75, 3.05) is 44.4 Å². The maximum absolute atomic E-state index is 13.4. The normalized spacial score (nSPS) is 15.2. The van der Waals surface area contributed by atoms with Gasteiger partial charge in [-0.1, -0.05) is 18.2 Å². The molecule has 0 unspecified atom stereocenters. The molecule has 11 heteroatoms. The minimum atomic E-state index is -4.26. The first-order valence-electron chi connectivity index (χ1n) is 11.8. The van der Waals surface area contributed by atoms with Gasteiger partial charge in [0.1, 0.15) is 6.54 Å². The minimum Gasteiger partial charge on any atom is -0.369 e. The lowest BCUT2D eigenvalue weighted by Crippen LogP contribution is -2.43. The molecule has 37 heavy (non-hydrogen) atoms. The molecular weight excluding hydrogens is 505 g/mol. The highest BCUT2D eigenvalue weighted by Gasteiger charge is 2.32. The highest BCUT2D eigenvalue weighted by Crippen LogP contribution is 2.29. The van der Waals surface area contributed by atoms with Crippen LogP contribution in [0.25, 0.3) is 10.8 Å². The summed E-state index contributed by atoms with van der Waals surface area (Å²) in [6.07, 6.45) is -1.42. The largest absolute Gasteiger partial charge is 0.401 e. The summed E-state index contributed by atoms with van der Waals surface area (Å²) in [4.78, 5) is 16.7. The molecule has 1 aliphatic heterocycles. The van der Waals surface area contributed by atoms with Gasteiger partial charge < -0.3 is 4.90 Å². The van der Waals surface area contributed by atoms with Crippen molar-refractivity contribution in [2.45, 2.75) is 24.5 Å². The number of aryl methyl sites for hydroxylation is 1. The van der Waals surface area contributed by atoms with Gasteiger partial charge >= 0.3 is 11.7 Å². The molecule has 0 aliphatic carbocycles. The third-order valence-corrected chi connectivity index (χ3v) is 7.70. The van der Waals surface area contributed by atoms with Crippen molar-refractivity contribution < 1.29 is 26.2 Å². The molecular formula is C26H30F3N4O3S+. The number of hydrogen-bond donors (Lipinski definition) is 0. The number of nitrogens with zero attached hydrogens (tertiary/aromatic N) is 4. The van der Waals surface area contributed by atoms with Gasteiger partial charge in [0, 0.05) is 37.8 Å². The van der Waals surface area contributed by atoms with Gasteiger partial charge in [0.05, 0.1) is 42.3 Å². The summed E-state index contributed by atoms with van der Waals surface area (Å²) in [7, 11) is 0.00442. The SMILES string of the molecule is Cc1cc(CN(C)c2ccccc2S(C)(=O)=O)c2cc([N+]3=CCN(CC(F)(F)F)CC3)n(C)c(=O)c2c1. The summed E-state index contributed by atoms with van der Waals surface area (Å²) in [6, 6.07) is 12.4. The monoisotopic (exact) mass is 535 g/mol. The summed E-state index contributed by atoms with van der Waals surface area (Å²) < 4.78 is 66.4. The Morgan fingerprint density at radius 2 is 1.81 bits per heavy atom. The third kappa shape index (κ3) is 5.88. The lowest BCUT2D eigenvalue weighted by Gasteiger charge is -2.26. The Hall–Kier alpha value is -3.18. The quantitative estimate of drug-likeness (QED) is 0.453. The zero-order chi connectivity index (χ0) is 27.1. The van der Waals surface area contributed by atoms with Crippen LogP contribution in [0.4, 0.5) is 24.7 Å². The number of benzene rings is 2. The van der Waals surface area contributed by atoms with Crippen LogP contribution in [0.5, 0.6) is 0 Å². The molecule has 2 heterocycles. The molecule has 0 N–H and O–H groups in total. The number of para-hydroxylation sites is 1. The number of halogens is 3. The van der Waals surface area contributed by atoms with Crippen molar-refractivity contribution in [3.05, 3.63) is 63.9 Å². The summed E-state index contributed by atoms with van der Waals surface area (Å²) in [5.41, 5.74) is 2.08. The number of sulfone groups is 1. The van der Waals surface area contributed by atoms with E-state index >= 15 is 0 Å². The van der Waals surface area contributed by atoms with Crippen LogP contribution in [0.15, 0.2) is 52.2 Å². The maximum atomic E-state index is 13.4. The number of rotatable bonds is 6. The van der Waals surface area contributed by atoms with Crippen molar-refractivity contribution in [1.82, 2.24) is 9.47 Å². The molecule has 2 aromatic carbocycles.